The molecular formula is C27H37N3O5S. The van der Waals surface area contributed by atoms with Crippen LogP contribution in [0, 0.1) is 6.92 Å². The quantitative estimate of drug-likeness (QED) is 0.493. The lowest BCUT2D eigenvalue weighted by Crippen LogP contribution is -2.53. The van der Waals surface area contributed by atoms with Crippen LogP contribution in [0.3, 0.4) is 0 Å². The maximum absolute atomic E-state index is 13.8. The Labute approximate surface area is 214 Å². The van der Waals surface area contributed by atoms with Gasteiger partial charge in [-0.05, 0) is 49.4 Å². The van der Waals surface area contributed by atoms with Crippen LogP contribution in [0.4, 0.5) is 5.69 Å². The first-order valence-corrected chi connectivity index (χ1v) is 14.3. The highest BCUT2D eigenvalue weighted by Gasteiger charge is 2.33. The normalized spacial score (nSPS) is 14.8. The molecule has 2 aromatic rings. The Morgan fingerprint density at radius 2 is 1.72 bits per heavy atom. The van der Waals surface area contributed by atoms with Gasteiger partial charge in [0.25, 0.3) is 0 Å². The molecular weight excluding hydrogens is 478 g/mol. The van der Waals surface area contributed by atoms with Gasteiger partial charge in [-0.2, -0.15) is 0 Å². The van der Waals surface area contributed by atoms with Gasteiger partial charge in [-0.15, -0.1) is 0 Å². The Morgan fingerprint density at radius 1 is 1.08 bits per heavy atom. The molecule has 196 valence electrons. The molecule has 3 rings (SSSR count). The highest BCUT2D eigenvalue weighted by atomic mass is 32.2. The highest BCUT2D eigenvalue weighted by molar-refractivity contribution is 7.92. The first-order chi connectivity index (χ1) is 17.2. The summed E-state index contributed by atoms with van der Waals surface area (Å²) in [5.74, 6) is -0.315. The number of anilines is 1. The van der Waals surface area contributed by atoms with Crippen molar-refractivity contribution in [1.29, 1.82) is 0 Å². The van der Waals surface area contributed by atoms with Crippen molar-refractivity contribution in [3.8, 4) is 5.75 Å². The minimum Gasteiger partial charge on any atom is -0.495 e. The number of carbonyl (C=O) groups excluding carboxylic acids is 2. The van der Waals surface area contributed by atoms with E-state index in [4.69, 9.17) is 4.74 Å². The summed E-state index contributed by atoms with van der Waals surface area (Å²) >= 11 is 0. The first-order valence-electron chi connectivity index (χ1n) is 12.4. The number of hydrogen-bond donors (Lipinski definition) is 1. The summed E-state index contributed by atoms with van der Waals surface area (Å²) in [5.41, 5.74) is 2.17. The van der Waals surface area contributed by atoms with Crippen LogP contribution in [0.2, 0.25) is 0 Å². The smallest absolute Gasteiger partial charge is 0.244 e. The number of sulfonamides is 1. The number of ether oxygens (including phenoxy) is 1. The fraction of sp³-hybridized carbons (Fsp3) is 0.481. The number of aryl methyl sites for hydroxylation is 1. The summed E-state index contributed by atoms with van der Waals surface area (Å²) in [7, 11) is -2.38. The van der Waals surface area contributed by atoms with Crippen LogP contribution in [0.25, 0.3) is 0 Å². The van der Waals surface area contributed by atoms with Crippen LogP contribution in [-0.4, -0.2) is 57.1 Å². The monoisotopic (exact) mass is 515 g/mol. The number of para-hydroxylation sites is 2. The van der Waals surface area contributed by atoms with Crippen molar-refractivity contribution in [1.82, 2.24) is 10.2 Å². The van der Waals surface area contributed by atoms with Gasteiger partial charge in [0, 0.05) is 12.6 Å². The van der Waals surface area contributed by atoms with Gasteiger partial charge >= 0.3 is 0 Å². The zero-order valence-corrected chi connectivity index (χ0v) is 22.4. The largest absolute Gasteiger partial charge is 0.495 e. The molecule has 0 radical (unpaired) electrons. The van der Waals surface area contributed by atoms with Crippen LogP contribution in [0.1, 0.15) is 50.2 Å². The lowest BCUT2D eigenvalue weighted by Gasteiger charge is -2.34. The average molecular weight is 516 g/mol. The van der Waals surface area contributed by atoms with Crippen LogP contribution in [0.15, 0.2) is 48.5 Å². The molecule has 1 N–H and O–H groups in total. The molecule has 0 aromatic heterocycles. The Kier molecular flexibility index (Phi) is 9.37. The van der Waals surface area contributed by atoms with E-state index < -0.39 is 28.5 Å². The molecule has 2 amide bonds. The Bertz CT molecular complexity index is 1160. The summed E-state index contributed by atoms with van der Waals surface area (Å²) in [6, 6.07) is 13.7. The second-order valence-corrected chi connectivity index (χ2v) is 11.2. The van der Waals surface area contributed by atoms with Crippen LogP contribution in [-0.2, 0) is 26.2 Å². The fourth-order valence-electron chi connectivity index (χ4n) is 4.69. The average Bonchev–Trinajstić information content (AvgIpc) is 3.35. The minimum atomic E-state index is -3.83. The van der Waals surface area contributed by atoms with E-state index in [0.29, 0.717) is 12.2 Å². The third-order valence-corrected chi connectivity index (χ3v) is 7.85. The number of hydrogen-bond acceptors (Lipinski definition) is 5. The highest BCUT2D eigenvalue weighted by Crippen LogP contribution is 2.30. The van der Waals surface area contributed by atoms with Gasteiger partial charge in [0.15, 0.2) is 0 Å². The fourth-order valence-corrected chi connectivity index (χ4v) is 5.54. The van der Waals surface area contributed by atoms with Gasteiger partial charge in [-0.3, -0.25) is 13.9 Å². The van der Waals surface area contributed by atoms with Gasteiger partial charge in [-0.25, -0.2) is 8.42 Å². The number of carbonyl (C=O) groups is 2. The van der Waals surface area contributed by atoms with Gasteiger partial charge in [0.05, 0.1) is 19.1 Å². The van der Waals surface area contributed by atoms with Crippen molar-refractivity contribution in [2.24, 2.45) is 0 Å². The molecule has 36 heavy (non-hydrogen) atoms. The zero-order valence-electron chi connectivity index (χ0n) is 21.6. The standard InChI is InChI=1S/C27H37N3O5S/c1-5-23(27(32)28-22-14-8-9-15-22)29(18-21-13-7-6-12-20(21)2)26(31)19-30(36(4,33)34)24-16-10-11-17-25(24)35-3/h6-7,10-13,16-17,22-23H,5,8-9,14-15,18-19H2,1-4H3,(H,28,32)/t23-/m1/s1. The van der Waals surface area contributed by atoms with E-state index in [9.17, 15) is 18.0 Å². The predicted molar refractivity (Wildman–Crippen MR) is 141 cm³/mol. The third kappa shape index (κ3) is 6.78. The molecule has 0 spiro atoms. The predicted octanol–water partition coefficient (Wildman–Crippen LogP) is 3.64. The molecule has 0 unspecified atom stereocenters. The van der Waals surface area contributed by atoms with Crippen molar-refractivity contribution in [3.63, 3.8) is 0 Å². The van der Waals surface area contributed by atoms with Crippen molar-refractivity contribution in [3.05, 3.63) is 59.7 Å². The minimum absolute atomic E-state index is 0.114. The van der Waals surface area contributed by atoms with Crippen LogP contribution in [0.5, 0.6) is 5.75 Å². The molecule has 1 fully saturated rings. The van der Waals surface area contributed by atoms with Gasteiger partial charge in [0.1, 0.15) is 18.3 Å². The number of methoxy groups -OCH3 is 1. The Morgan fingerprint density at radius 3 is 2.33 bits per heavy atom. The molecule has 8 nitrogen and oxygen atoms in total. The number of nitrogens with zero attached hydrogens (tertiary/aromatic N) is 2. The SMILES string of the molecule is CC[C@H](C(=O)NC1CCCC1)N(Cc1ccccc1C)C(=O)CN(c1ccccc1OC)S(C)(=O)=O. The van der Waals surface area contributed by atoms with E-state index in [1.54, 1.807) is 24.3 Å². The van der Waals surface area contributed by atoms with E-state index in [0.717, 1.165) is 47.4 Å². The van der Waals surface area contributed by atoms with E-state index in [1.165, 1.54) is 12.0 Å². The molecule has 9 heteroatoms. The summed E-state index contributed by atoms with van der Waals surface area (Å²) in [5, 5.41) is 3.11. The number of amides is 2. The van der Waals surface area contributed by atoms with Crippen LogP contribution >= 0.6 is 0 Å². The van der Waals surface area contributed by atoms with Crippen molar-refractivity contribution in [2.75, 3.05) is 24.2 Å². The van der Waals surface area contributed by atoms with E-state index in [1.807, 2.05) is 38.1 Å². The van der Waals surface area contributed by atoms with Crippen molar-refractivity contribution in [2.45, 2.75) is 64.6 Å². The van der Waals surface area contributed by atoms with E-state index >= 15 is 0 Å². The Balaban J connectivity index is 1.96. The molecule has 1 saturated carbocycles. The summed E-state index contributed by atoms with van der Waals surface area (Å²) < 4.78 is 32.0. The van der Waals surface area contributed by atoms with Crippen molar-refractivity contribution < 1.29 is 22.7 Å². The molecule has 0 aliphatic heterocycles. The summed E-state index contributed by atoms with van der Waals surface area (Å²) in [6.45, 7) is 3.57. The molecule has 0 saturated heterocycles. The van der Waals surface area contributed by atoms with E-state index in [2.05, 4.69) is 5.32 Å². The second-order valence-electron chi connectivity index (χ2n) is 9.30. The summed E-state index contributed by atoms with van der Waals surface area (Å²) in [6.07, 6.45) is 5.49. The molecule has 0 heterocycles. The molecule has 0 bridgehead atoms. The Hall–Kier alpha value is -3.07. The zero-order chi connectivity index (χ0) is 26.3. The first kappa shape index (κ1) is 27.5. The number of rotatable bonds is 11. The third-order valence-electron chi connectivity index (χ3n) is 6.72. The number of benzene rings is 2. The molecule has 2 aromatic carbocycles. The van der Waals surface area contributed by atoms with Gasteiger partial charge < -0.3 is 15.0 Å². The molecule has 1 aliphatic carbocycles. The van der Waals surface area contributed by atoms with E-state index in [-0.39, 0.29) is 24.2 Å². The topological polar surface area (TPSA) is 96.0 Å². The maximum Gasteiger partial charge on any atom is 0.244 e. The van der Waals surface area contributed by atoms with Gasteiger partial charge in [-0.1, -0.05) is 56.2 Å². The van der Waals surface area contributed by atoms with Gasteiger partial charge in [0.2, 0.25) is 21.8 Å². The number of nitrogens with one attached hydrogen (secondary N) is 1. The maximum atomic E-state index is 13.8. The second kappa shape index (κ2) is 12.3. The molecule has 1 atom stereocenters. The molecule has 1 aliphatic rings. The lowest BCUT2D eigenvalue weighted by molar-refractivity contribution is -0.140. The van der Waals surface area contributed by atoms with Crippen molar-refractivity contribution >= 4 is 27.5 Å². The summed E-state index contributed by atoms with van der Waals surface area (Å²) in [4.78, 5) is 28.7. The van der Waals surface area contributed by atoms with Crippen LogP contribution < -0.4 is 14.4 Å². The lowest BCUT2D eigenvalue weighted by atomic mass is 10.1.